The van der Waals surface area contributed by atoms with Gasteiger partial charge in [-0.05, 0) is 13.1 Å². The molecule has 0 unspecified atom stereocenters. The minimum absolute atomic E-state index is 1.09. The maximum absolute atomic E-state index is 3.11. The van der Waals surface area contributed by atoms with Crippen molar-refractivity contribution in [3.05, 3.63) is 30.1 Å². The zero-order valence-corrected chi connectivity index (χ0v) is 7.38. The number of nitrogens with one attached hydrogen (secondary N) is 1. The van der Waals surface area contributed by atoms with E-state index in [0.29, 0.717) is 0 Å². The second-order valence-electron chi connectivity index (χ2n) is 2.11. The van der Waals surface area contributed by atoms with Crippen LogP contribution in [0.25, 0.3) is 0 Å². The Labute approximate surface area is 70.0 Å². The number of hydrogen-bond acceptors (Lipinski definition) is 1. The van der Waals surface area contributed by atoms with E-state index in [0.717, 1.165) is 13.1 Å². The first-order chi connectivity index (χ1) is 5.41. The van der Waals surface area contributed by atoms with Crippen molar-refractivity contribution in [3.8, 4) is 0 Å². The van der Waals surface area contributed by atoms with Crippen LogP contribution in [0.2, 0.25) is 0 Å². The summed E-state index contributed by atoms with van der Waals surface area (Å²) in [5, 5.41) is 3.11. The van der Waals surface area contributed by atoms with Crippen molar-refractivity contribution in [3.63, 3.8) is 0 Å². The zero-order chi connectivity index (χ0) is 8.36. The molecule has 0 saturated heterocycles. The van der Waals surface area contributed by atoms with Gasteiger partial charge in [0, 0.05) is 0 Å². The molecule has 11 heavy (non-hydrogen) atoms. The van der Waals surface area contributed by atoms with Crippen molar-refractivity contribution in [2.24, 2.45) is 0 Å². The van der Waals surface area contributed by atoms with E-state index in [1.807, 2.05) is 37.0 Å². The summed E-state index contributed by atoms with van der Waals surface area (Å²) in [7, 11) is 0. The van der Waals surface area contributed by atoms with Crippen LogP contribution in [0, 0.1) is 0 Å². The number of rotatable bonds is 2. The van der Waals surface area contributed by atoms with Gasteiger partial charge in [-0.25, -0.2) is 0 Å². The van der Waals surface area contributed by atoms with E-state index in [9.17, 15) is 0 Å². The van der Waals surface area contributed by atoms with Gasteiger partial charge in [0.15, 0.2) is 0 Å². The Bertz CT molecular complexity index is 113. The van der Waals surface area contributed by atoms with Crippen molar-refractivity contribution in [1.82, 2.24) is 5.32 Å². The Morgan fingerprint density at radius 1 is 1.00 bits per heavy atom. The molecular weight excluding hydrogens is 133 g/mol. The normalized spacial score (nSPS) is 7.82. The molecule has 0 aliphatic heterocycles. The predicted molar refractivity (Wildman–Crippen MR) is 52.0 cm³/mol. The molecule has 1 aromatic heterocycles. The molecule has 0 spiro atoms. The van der Waals surface area contributed by atoms with Gasteiger partial charge in [0.25, 0.3) is 0 Å². The van der Waals surface area contributed by atoms with Crippen LogP contribution in [0.1, 0.15) is 13.8 Å². The van der Waals surface area contributed by atoms with Crippen LogP contribution in [-0.2, 0) is 0 Å². The van der Waals surface area contributed by atoms with E-state index < -0.39 is 0 Å². The van der Waals surface area contributed by atoms with Gasteiger partial charge in [-0.15, -0.1) is 0 Å². The Kier molecular flexibility index (Phi) is 8.84. The van der Waals surface area contributed by atoms with Crippen molar-refractivity contribution in [2.45, 2.75) is 13.8 Å². The average Bonchev–Trinajstić information content (AvgIpc) is 2.10. The average molecular weight is 149 g/mol. The summed E-state index contributed by atoms with van der Waals surface area (Å²) < 4.78 is 0. The summed E-state index contributed by atoms with van der Waals surface area (Å²) in [4.78, 5) is 0. The molecular formula is C9H16BN. The zero-order valence-electron chi connectivity index (χ0n) is 7.38. The van der Waals surface area contributed by atoms with Crippen LogP contribution < -0.4 is 5.32 Å². The van der Waals surface area contributed by atoms with E-state index in [4.69, 9.17) is 0 Å². The first kappa shape index (κ1) is 10.4. The Balaban J connectivity index is 0.000000187. The van der Waals surface area contributed by atoms with Crippen molar-refractivity contribution < 1.29 is 0 Å². The second-order valence-corrected chi connectivity index (χ2v) is 2.11. The van der Waals surface area contributed by atoms with Gasteiger partial charge in [0.05, 0.1) is 0 Å². The van der Waals surface area contributed by atoms with Gasteiger partial charge in [-0.3, -0.25) is 0 Å². The van der Waals surface area contributed by atoms with E-state index >= 15 is 0 Å². The molecule has 0 radical (unpaired) electrons. The van der Waals surface area contributed by atoms with Crippen LogP contribution in [0.5, 0.6) is 0 Å². The van der Waals surface area contributed by atoms with Gasteiger partial charge in [0.2, 0.25) is 0 Å². The summed E-state index contributed by atoms with van der Waals surface area (Å²) in [6.45, 7) is 8.39. The van der Waals surface area contributed by atoms with Crippen molar-refractivity contribution in [2.75, 3.05) is 13.1 Å². The van der Waals surface area contributed by atoms with Crippen LogP contribution in [0.3, 0.4) is 0 Å². The van der Waals surface area contributed by atoms with Gasteiger partial charge >= 0.3 is 37.0 Å². The summed E-state index contributed by atoms with van der Waals surface area (Å²) >= 11 is 0. The Hall–Kier alpha value is -0.625. The number of hydrogen-bond donors (Lipinski definition) is 1. The van der Waals surface area contributed by atoms with Crippen LogP contribution in [-0.4, -0.2) is 20.0 Å². The van der Waals surface area contributed by atoms with Crippen LogP contribution >= 0.6 is 0 Å². The summed E-state index contributed by atoms with van der Waals surface area (Å²) in [5.41, 5.74) is 0. The van der Waals surface area contributed by atoms with E-state index in [1.54, 1.807) is 0 Å². The summed E-state index contributed by atoms with van der Waals surface area (Å²) in [5.74, 6) is 4.00. The molecule has 0 amide bonds. The van der Waals surface area contributed by atoms with Crippen LogP contribution in [0.4, 0.5) is 0 Å². The molecule has 1 rings (SSSR count). The van der Waals surface area contributed by atoms with Gasteiger partial charge in [-0.2, -0.15) is 0 Å². The first-order valence-electron chi connectivity index (χ1n) is 4.12. The van der Waals surface area contributed by atoms with E-state index in [2.05, 4.69) is 19.2 Å². The maximum atomic E-state index is 3.11. The fraction of sp³-hybridized carbons (Fsp3) is 0.444. The molecule has 0 saturated carbocycles. The molecule has 1 nitrogen and oxygen atoms in total. The molecule has 1 heterocycles. The molecule has 0 aromatic carbocycles. The van der Waals surface area contributed by atoms with Gasteiger partial charge in [-0.1, -0.05) is 13.8 Å². The van der Waals surface area contributed by atoms with Gasteiger partial charge < -0.3 is 5.32 Å². The third kappa shape index (κ3) is 9.37. The van der Waals surface area contributed by atoms with E-state index in [-0.39, 0.29) is 0 Å². The third-order valence-electron chi connectivity index (χ3n) is 1.17. The second kappa shape index (κ2) is 9.37. The molecule has 0 atom stereocenters. The third-order valence-corrected chi connectivity index (χ3v) is 1.17. The molecule has 0 aliphatic rings. The Morgan fingerprint density at radius 2 is 1.55 bits per heavy atom. The molecule has 1 aromatic rings. The predicted octanol–water partition coefficient (Wildman–Crippen LogP) is 1.64. The summed E-state index contributed by atoms with van der Waals surface area (Å²) in [6.07, 6.45) is 0. The fourth-order valence-electron chi connectivity index (χ4n) is 0.635. The van der Waals surface area contributed by atoms with Crippen molar-refractivity contribution in [1.29, 1.82) is 0 Å². The van der Waals surface area contributed by atoms with Gasteiger partial charge in [0.1, 0.15) is 0 Å². The first-order valence-corrected chi connectivity index (χ1v) is 4.12. The summed E-state index contributed by atoms with van der Waals surface area (Å²) in [6, 6.07) is 6.00. The molecule has 0 fully saturated rings. The minimum atomic E-state index is 1.09. The SMILES string of the molecule is CCNCC.b1ccccc1. The van der Waals surface area contributed by atoms with E-state index in [1.165, 1.54) is 0 Å². The molecule has 2 heteroatoms. The monoisotopic (exact) mass is 149 g/mol. The van der Waals surface area contributed by atoms with Crippen molar-refractivity contribution >= 4 is 6.91 Å². The molecule has 0 aliphatic carbocycles. The topological polar surface area (TPSA) is 12.0 Å². The molecule has 0 bridgehead atoms. The fourth-order valence-corrected chi connectivity index (χ4v) is 0.635. The Morgan fingerprint density at radius 3 is 1.64 bits per heavy atom. The molecule has 1 N–H and O–H groups in total. The quantitative estimate of drug-likeness (QED) is 0.673. The molecule has 60 valence electrons. The van der Waals surface area contributed by atoms with Crippen LogP contribution in [0.15, 0.2) is 30.1 Å². The standard InChI is InChI=1S/C5H5B.C4H11N/c1-2-4-6-5-3-1;1-3-5-4-2/h1-5H;5H,3-4H2,1-2H3.